The van der Waals surface area contributed by atoms with Crippen LogP contribution in [0.1, 0.15) is 62.9 Å². The number of carboxylic acid groups (broad SMARTS) is 1. The van der Waals surface area contributed by atoms with Gasteiger partial charge in [-0.25, -0.2) is 0 Å². The SMILES string of the molecule is C[C@@H]1CC[C@]2(CCC[C@@H](CC(=O)O)O2)O[C@@H]1[C@H](C)C(=O)c1cccn1COCC[Si](C)(C)C. The number of hydrogen-bond donors (Lipinski definition) is 1. The van der Waals surface area contributed by atoms with Crippen LogP contribution in [0.2, 0.25) is 25.7 Å². The summed E-state index contributed by atoms with van der Waals surface area (Å²) in [5.74, 6) is -1.70. The van der Waals surface area contributed by atoms with Crippen LogP contribution in [0.3, 0.4) is 0 Å². The zero-order chi connectivity index (χ0) is 24.2. The monoisotopic (exact) mass is 479 g/mol. The molecule has 3 rings (SSSR count). The number of nitrogens with zero attached hydrogens (tertiary/aromatic N) is 1. The van der Waals surface area contributed by atoms with E-state index in [1.54, 1.807) is 0 Å². The number of ketones is 1. The minimum atomic E-state index is -1.16. The van der Waals surface area contributed by atoms with E-state index in [0.29, 0.717) is 19.0 Å². The normalized spacial score (nSPS) is 29.2. The highest BCUT2D eigenvalue weighted by Gasteiger charge is 2.47. The second-order valence-electron chi connectivity index (χ2n) is 11.1. The zero-order valence-corrected chi connectivity index (χ0v) is 21.8. The summed E-state index contributed by atoms with van der Waals surface area (Å²) in [6.07, 6.45) is 5.26. The zero-order valence-electron chi connectivity index (χ0n) is 20.8. The van der Waals surface area contributed by atoms with Crippen LogP contribution < -0.4 is 0 Å². The van der Waals surface area contributed by atoms with Gasteiger partial charge in [-0.1, -0.05) is 33.5 Å². The van der Waals surface area contributed by atoms with Gasteiger partial charge in [-0.15, -0.1) is 0 Å². The summed E-state index contributed by atoms with van der Waals surface area (Å²) in [6.45, 7) is 12.1. The van der Waals surface area contributed by atoms with Crippen molar-refractivity contribution in [3.05, 3.63) is 24.0 Å². The maximum Gasteiger partial charge on any atom is 0.305 e. The average molecular weight is 480 g/mol. The summed E-state index contributed by atoms with van der Waals surface area (Å²) in [6, 6.07) is 4.82. The van der Waals surface area contributed by atoms with E-state index in [9.17, 15) is 14.7 Å². The number of aromatic nitrogens is 1. The second kappa shape index (κ2) is 10.8. The Morgan fingerprint density at radius 3 is 2.73 bits per heavy atom. The molecule has 5 atom stereocenters. The summed E-state index contributed by atoms with van der Waals surface area (Å²) in [5.41, 5.74) is 0.638. The van der Waals surface area contributed by atoms with Gasteiger partial charge in [0.05, 0.1) is 24.3 Å². The number of aliphatic carboxylic acids is 1. The number of carboxylic acids is 1. The molecule has 0 bridgehead atoms. The second-order valence-corrected chi connectivity index (χ2v) is 16.7. The fourth-order valence-corrected chi connectivity index (χ4v) is 5.69. The topological polar surface area (TPSA) is 87.0 Å². The Labute approximate surface area is 198 Å². The third-order valence-electron chi connectivity index (χ3n) is 6.97. The fraction of sp³-hybridized carbons (Fsp3) is 0.760. The molecule has 33 heavy (non-hydrogen) atoms. The van der Waals surface area contributed by atoms with Gasteiger partial charge in [-0.2, -0.15) is 0 Å². The molecule has 2 aliphatic rings. The van der Waals surface area contributed by atoms with E-state index in [2.05, 4.69) is 26.6 Å². The van der Waals surface area contributed by atoms with Crippen LogP contribution >= 0.6 is 0 Å². The van der Waals surface area contributed by atoms with E-state index in [1.807, 2.05) is 29.8 Å². The van der Waals surface area contributed by atoms with Gasteiger partial charge in [0.1, 0.15) is 6.73 Å². The smallest absolute Gasteiger partial charge is 0.305 e. The van der Waals surface area contributed by atoms with E-state index in [1.165, 1.54) is 0 Å². The molecule has 1 spiro atoms. The Morgan fingerprint density at radius 1 is 1.27 bits per heavy atom. The van der Waals surface area contributed by atoms with Crippen molar-refractivity contribution in [3.8, 4) is 0 Å². The lowest BCUT2D eigenvalue weighted by atomic mass is 9.81. The van der Waals surface area contributed by atoms with Crippen LogP contribution in [0, 0.1) is 11.8 Å². The maximum absolute atomic E-state index is 13.5. The molecule has 0 aliphatic carbocycles. The van der Waals surface area contributed by atoms with E-state index in [4.69, 9.17) is 14.2 Å². The Bertz CT molecular complexity index is 818. The lowest BCUT2D eigenvalue weighted by Crippen LogP contribution is -2.53. The number of rotatable bonds is 10. The van der Waals surface area contributed by atoms with E-state index >= 15 is 0 Å². The van der Waals surface area contributed by atoms with Gasteiger partial charge in [0, 0.05) is 39.6 Å². The number of hydrogen-bond acceptors (Lipinski definition) is 5. The van der Waals surface area contributed by atoms with Crippen LogP contribution in [0.15, 0.2) is 18.3 Å². The predicted molar refractivity (Wildman–Crippen MR) is 129 cm³/mol. The molecule has 0 unspecified atom stereocenters. The average Bonchev–Trinajstić information content (AvgIpc) is 3.20. The van der Waals surface area contributed by atoms with Gasteiger partial charge in [0.2, 0.25) is 0 Å². The highest BCUT2D eigenvalue weighted by Crippen LogP contribution is 2.43. The van der Waals surface area contributed by atoms with Gasteiger partial charge < -0.3 is 23.9 Å². The molecule has 2 saturated heterocycles. The van der Waals surface area contributed by atoms with Gasteiger partial charge in [0.25, 0.3) is 0 Å². The van der Waals surface area contributed by atoms with Gasteiger partial charge in [-0.05, 0) is 43.4 Å². The Hall–Kier alpha value is -1.48. The third kappa shape index (κ3) is 7.01. The quantitative estimate of drug-likeness (QED) is 0.283. The molecule has 186 valence electrons. The number of carbonyl (C=O) groups is 2. The molecule has 2 fully saturated rings. The molecule has 1 N–H and O–H groups in total. The third-order valence-corrected chi connectivity index (χ3v) is 8.68. The first-order valence-corrected chi connectivity index (χ1v) is 16.0. The first-order valence-electron chi connectivity index (χ1n) is 12.3. The van der Waals surface area contributed by atoms with Crippen LogP contribution in [0.25, 0.3) is 0 Å². The van der Waals surface area contributed by atoms with Crippen molar-refractivity contribution in [1.82, 2.24) is 4.57 Å². The predicted octanol–water partition coefficient (Wildman–Crippen LogP) is 5.17. The Morgan fingerprint density at radius 2 is 2.03 bits per heavy atom. The molecule has 1 aromatic rings. The van der Waals surface area contributed by atoms with Gasteiger partial charge in [-0.3, -0.25) is 9.59 Å². The van der Waals surface area contributed by atoms with Crippen LogP contribution in [0.4, 0.5) is 0 Å². The van der Waals surface area contributed by atoms with E-state index < -0.39 is 19.8 Å². The molecular formula is C25H41NO6Si. The molecular weight excluding hydrogens is 438 g/mol. The highest BCUT2D eigenvalue weighted by atomic mass is 28.3. The number of Topliss-reactive ketones (excluding diaryl/α,β-unsaturated/α-hetero) is 1. The minimum absolute atomic E-state index is 0.00890. The fourth-order valence-electron chi connectivity index (χ4n) is 4.93. The van der Waals surface area contributed by atoms with Gasteiger partial charge in [0.15, 0.2) is 11.6 Å². The number of carbonyl (C=O) groups excluding carboxylic acids is 1. The first-order chi connectivity index (χ1) is 15.5. The highest BCUT2D eigenvalue weighted by molar-refractivity contribution is 6.76. The van der Waals surface area contributed by atoms with Crippen molar-refractivity contribution in [3.63, 3.8) is 0 Å². The standard InChI is InChI=1S/C25H41NO6Si/c1-18-10-12-25(11-6-8-20(31-25)16-22(27)28)32-24(18)19(2)23(29)21-9-7-13-26(21)17-30-14-15-33(3,4)5/h7,9,13,18-20,24H,6,8,10-12,14-17H2,1-5H3,(H,27,28)/t18-,19-,20+,24+,25+/m1/s1. The largest absolute Gasteiger partial charge is 0.481 e. The molecule has 1 aromatic heterocycles. The molecule has 0 radical (unpaired) electrons. The molecule has 3 heterocycles. The van der Waals surface area contributed by atoms with Crippen molar-refractivity contribution in [1.29, 1.82) is 0 Å². The van der Waals surface area contributed by atoms with Crippen LogP contribution in [0.5, 0.6) is 0 Å². The molecule has 2 aliphatic heterocycles. The Kier molecular flexibility index (Phi) is 8.59. The summed E-state index contributed by atoms with van der Waals surface area (Å²) < 4.78 is 20.5. The molecule has 8 heteroatoms. The van der Waals surface area contributed by atoms with Crippen molar-refractivity contribution in [2.45, 2.75) is 103 Å². The van der Waals surface area contributed by atoms with E-state index in [0.717, 1.165) is 38.1 Å². The molecule has 0 aromatic carbocycles. The molecule has 0 saturated carbocycles. The van der Waals surface area contributed by atoms with Crippen molar-refractivity contribution < 1.29 is 28.9 Å². The molecule has 0 amide bonds. The number of ether oxygens (including phenoxy) is 3. The summed E-state index contributed by atoms with van der Waals surface area (Å²) in [7, 11) is -1.16. The van der Waals surface area contributed by atoms with Crippen molar-refractivity contribution >= 4 is 19.8 Å². The van der Waals surface area contributed by atoms with Crippen LogP contribution in [-0.4, -0.2) is 54.1 Å². The first kappa shape index (κ1) is 26.1. The lowest BCUT2D eigenvalue weighted by molar-refractivity contribution is -0.326. The maximum atomic E-state index is 13.5. The summed E-state index contributed by atoms with van der Waals surface area (Å²) in [4.78, 5) is 24.7. The summed E-state index contributed by atoms with van der Waals surface area (Å²) >= 11 is 0. The van der Waals surface area contributed by atoms with Gasteiger partial charge >= 0.3 is 5.97 Å². The van der Waals surface area contributed by atoms with Crippen LogP contribution in [-0.2, 0) is 25.7 Å². The minimum Gasteiger partial charge on any atom is -0.481 e. The summed E-state index contributed by atoms with van der Waals surface area (Å²) in [5, 5.41) is 9.18. The molecule has 7 nitrogen and oxygen atoms in total. The van der Waals surface area contributed by atoms with Crippen molar-refractivity contribution in [2.75, 3.05) is 6.61 Å². The lowest BCUT2D eigenvalue weighted by Gasteiger charge is -2.49. The Balaban J connectivity index is 1.65. The van der Waals surface area contributed by atoms with E-state index in [-0.39, 0.29) is 36.2 Å². The van der Waals surface area contributed by atoms with Crippen molar-refractivity contribution in [2.24, 2.45) is 11.8 Å².